The number of sulfonamides is 1. The highest BCUT2D eigenvalue weighted by atomic mass is 32.2. The smallest absolute Gasteiger partial charge is 0.229 e. The summed E-state index contributed by atoms with van der Waals surface area (Å²) < 4.78 is 25.3. The van der Waals surface area contributed by atoms with Gasteiger partial charge >= 0.3 is 0 Å². The molecule has 0 bridgehead atoms. The van der Waals surface area contributed by atoms with Gasteiger partial charge in [0.05, 0.1) is 18.5 Å². The molecule has 0 spiro atoms. The first kappa shape index (κ1) is 20.1. The molecule has 2 heterocycles. The zero-order chi connectivity index (χ0) is 20.1. The Morgan fingerprint density at radius 2 is 2.00 bits per heavy atom. The second-order valence-corrected chi connectivity index (χ2v) is 8.80. The van der Waals surface area contributed by atoms with Crippen molar-refractivity contribution in [2.24, 2.45) is 5.92 Å². The minimum Gasteiger partial charge on any atom is -0.355 e. The molecule has 0 saturated carbocycles. The minimum atomic E-state index is -3.34. The molecular weight excluding hydrogens is 378 g/mol. The lowest BCUT2D eigenvalue weighted by Crippen LogP contribution is -2.41. The molecule has 2 N–H and O–H groups in total. The average Bonchev–Trinajstić information content (AvgIpc) is 2.67. The third kappa shape index (κ3) is 5.41. The van der Waals surface area contributed by atoms with Crippen LogP contribution >= 0.6 is 0 Å². The lowest BCUT2D eigenvalue weighted by atomic mass is 9.95. The summed E-state index contributed by atoms with van der Waals surface area (Å²) in [6, 6.07) is 6.84. The number of aromatic nitrogens is 2. The van der Waals surface area contributed by atoms with Gasteiger partial charge in [0, 0.05) is 37.1 Å². The summed E-state index contributed by atoms with van der Waals surface area (Å²) in [5.41, 5.74) is 1.33. The minimum absolute atomic E-state index is 0.0211. The van der Waals surface area contributed by atoms with Crippen LogP contribution in [0, 0.1) is 5.92 Å². The number of hydrogen-bond acceptors (Lipinski definition) is 6. The van der Waals surface area contributed by atoms with Gasteiger partial charge in [0.25, 0.3) is 0 Å². The Balaban J connectivity index is 1.56. The second kappa shape index (κ2) is 8.55. The van der Waals surface area contributed by atoms with E-state index in [1.807, 2.05) is 13.0 Å². The van der Waals surface area contributed by atoms with Gasteiger partial charge in [-0.1, -0.05) is 12.1 Å². The highest BCUT2D eigenvalue weighted by Gasteiger charge is 2.26. The van der Waals surface area contributed by atoms with E-state index in [4.69, 9.17) is 0 Å². The Labute approximate surface area is 165 Å². The molecule has 1 atom stereocenters. The summed E-state index contributed by atoms with van der Waals surface area (Å²) in [4.78, 5) is 23.2. The molecule has 1 aliphatic heterocycles. The van der Waals surface area contributed by atoms with E-state index in [1.54, 1.807) is 36.8 Å². The number of rotatable bonds is 6. The van der Waals surface area contributed by atoms with Crippen molar-refractivity contribution in [1.82, 2.24) is 15.3 Å². The molecular formula is C19H25N5O3S. The lowest BCUT2D eigenvalue weighted by Gasteiger charge is -2.32. The van der Waals surface area contributed by atoms with Crippen LogP contribution in [0.3, 0.4) is 0 Å². The average molecular weight is 404 g/mol. The van der Waals surface area contributed by atoms with Crippen LogP contribution in [-0.2, 0) is 14.8 Å². The van der Waals surface area contributed by atoms with Gasteiger partial charge in [-0.25, -0.2) is 13.4 Å². The zero-order valence-electron chi connectivity index (χ0n) is 16.0. The number of anilines is 2. The molecule has 1 amide bonds. The molecule has 1 unspecified atom stereocenters. The fraction of sp³-hybridized carbons (Fsp3) is 0.421. The fourth-order valence-corrected chi connectivity index (χ4v) is 3.88. The Bertz CT molecular complexity index is 912. The number of benzene rings is 1. The van der Waals surface area contributed by atoms with Crippen LogP contribution in [0.4, 0.5) is 11.5 Å². The monoisotopic (exact) mass is 403 g/mol. The van der Waals surface area contributed by atoms with E-state index in [1.165, 1.54) is 0 Å². The Hall–Kier alpha value is -2.68. The molecule has 28 heavy (non-hydrogen) atoms. The van der Waals surface area contributed by atoms with Crippen molar-refractivity contribution in [3.63, 3.8) is 0 Å². The summed E-state index contributed by atoms with van der Waals surface area (Å²) in [5, 5.41) is 3.05. The summed E-state index contributed by atoms with van der Waals surface area (Å²) in [6.07, 6.45) is 7.67. The standard InChI is InChI=1S/C19H25N5O3S/c1-14(16-4-3-5-17(12-16)23-28(2,26)27)22-19(25)15-6-10-24(11-7-15)18-13-20-8-9-21-18/h3-5,8-9,12-15,23H,6-7,10-11H2,1-2H3,(H,22,25). The molecule has 0 radical (unpaired) electrons. The van der Waals surface area contributed by atoms with Gasteiger partial charge in [-0.3, -0.25) is 14.5 Å². The quantitative estimate of drug-likeness (QED) is 0.764. The van der Waals surface area contributed by atoms with Gasteiger partial charge in [-0.15, -0.1) is 0 Å². The number of nitrogens with zero attached hydrogens (tertiary/aromatic N) is 3. The van der Waals surface area contributed by atoms with Gasteiger partial charge in [-0.05, 0) is 37.5 Å². The molecule has 9 heteroatoms. The van der Waals surface area contributed by atoms with E-state index in [-0.39, 0.29) is 17.9 Å². The van der Waals surface area contributed by atoms with Gasteiger partial charge in [0.1, 0.15) is 5.82 Å². The SMILES string of the molecule is CC(NC(=O)C1CCN(c2cnccn2)CC1)c1cccc(NS(C)(=O)=O)c1. The lowest BCUT2D eigenvalue weighted by molar-refractivity contribution is -0.126. The number of piperidine rings is 1. The molecule has 0 aliphatic carbocycles. The molecule has 3 rings (SSSR count). The largest absolute Gasteiger partial charge is 0.355 e. The number of carbonyl (C=O) groups is 1. The third-order valence-corrected chi connectivity index (χ3v) is 5.39. The van der Waals surface area contributed by atoms with Crippen LogP contribution < -0.4 is 14.9 Å². The molecule has 8 nitrogen and oxygen atoms in total. The molecule has 1 aliphatic rings. The number of carbonyl (C=O) groups excluding carboxylic acids is 1. The topological polar surface area (TPSA) is 104 Å². The van der Waals surface area contributed by atoms with Crippen molar-refractivity contribution >= 4 is 27.4 Å². The maximum Gasteiger partial charge on any atom is 0.229 e. The first-order valence-electron chi connectivity index (χ1n) is 9.21. The van der Waals surface area contributed by atoms with E-state index in [9.17, 15) is 13.2 Å². The van der Waals surface area contributed by atoms with Crippen LogP contribution in [0.15, 0.2) is 42.9 Å². The van der Waals surface area contributed by atoms with Crippen LogP contribution in [0.25, 0.3) is 0 Å². The van der Waals surface area contributed by atoms with Crippen LogP contribution in [-0.4, -0.2) is 43.6 Å². The second-order valence-electron chi connectivity index (χ2n) is 7.05. The Morgan fingerprint density at radius 3 is 2.64 bits per heavy atom. The Kier molecular flexibility index (Phi) is 6.13. The molecule has 1 aromatic carbocycles. The molecule has 2 aromatic rings. The van der Waals surface area contributed by atoms with E-state index in [0.29, 0.717) is 5.69 Å². The van der Waals surface area contributed by atoms with Gasteiger partial charge in [0.2, 0.25) is 15.9 Å². The number of amides is 1. The van der Waals surface area contributed by atoms with E-state index in [2.05, 4.69) is 24.9 Å². The number of hydrogen-bond donors (Lipinski definition) is 2. The van der Waals surface area contributed by atoms with Crippen molar-refractivity contribution in [2.45, 2.75) is 25.8 Å². The maximum atomic E-state index is 12.7. The Morgan fingerprint density at radius 1 is 1.25 bits per heavy atom. The van der Waals surface area contributed by atoms with Crippen LogP contribution in [0.1, 0.15) is 31.4 Å². The van der Waals surface area contributed by atoms with E-state index in [0.717, 1.165) is 43.6 Å². The van der Waals surface area contributed by atoms with E-state index >= 15 is 0 Å². The van der Waals surface area contributed by atoms with Crippen molar-refractivity contribution in [3.05, 3.63) is 48.4 Å². The van der Waals surface area contributed by atoms with Crippen LogP contribution in [0.2, 0.25) is 0 Å². The summed E-state index contributed by atoms with van der Waals surface area (Å²) in [6.45, 7) is 3.42. The highest BCUT2D eigenvalue weighted by Crippen LogP contribution is 2.23. The first-order chi connectivity index (χ1) is 13.3. The molecule has 150 valence electrons. The normalized spacial score (nSPS) is 16.4. The van der Waals surface area contributed by atoms with Crippen molar-refractivity contribution in [2.75, 3.05) is 29.0 Å². The van der Waals surface area contributed by atoms with Gasteiger partial charge in [-0.2, -0.15) is 0 Å². The van der Waals surface area contributed by atoms with Crippen molar-refractivity contribution < 1.29 is 13.2 Å². The fourth-order valence-electron chi connectivity index (χ4n) is 3.33. The molecule has 1 fully saturated rings. The van der Waals surface area contributed by atoms with Crippen LogP contribution in [0.5, 0.6) is 0 Å². The van der Waals surface area contributed by atoms with Crippen molar-refractivity contribution in [1.29, 1.82) is 0 Å². The van der Waals surface area contributed by atoms with Crippen molar-refractivity contribution in [3.8, 4) is 0 Å². The predicted octanol–water partition coefficient (Wildman–Crippen LogP) is 1.94. The third-order valence-electron chi connectivity index (χ3n) is 4.79. The summed E-state index contributed by atoms with van der Waals surface area (Å²) >= 11 is 0. The highest BCUT2D eigenvalue weighted by molar-refractivity contribution is 7.92. The van der Waals surface area contributed by atoms with E-state index < -0.39 is 10.0 Å². The summed E-state index contributed by atoms with van der Waals surface area (Å²) in [7, 11) is -3.34. The molecule has 1 saturated heterocycles. The zero-order valence-corrected chi connectivity index (χ0v) is 16.8. The molecule has 1 aromatic heterocycles. The van der Waals surface area contributed by atoms with Gasteiger partial charge < -0.3 is 10.2 Å². The summed E-state index contributed by atoms with van der Waals surface area (Å²) in [5.74, 6) is 0.811. The van der Waals surface area contributed by atoms with Gasteiger partial charge in [0.15, 0.2) is 0 Å². The number of nitrogens with one attached hydrogen (secondary N) is 2. The predicted molar refractivity (Wildman–Crippen MR) is 108 cm³/mol. The first-order valence-corrected chi connectivity index (χ1v) is 11.1. The maximum absolute atomic E-state index is 12.7.